The molecule has 1 atom stereocenters. The molecule has 6 nitrogen and oxygen atoms in total. The summed E-state index contributed by atoms with van der Waals surface area (Å²) in [4.78, 5) is 0.246. The van der Waals surface area contributed by atoms with Gasteiger partial charge in [-0.1, -0.05) is 12.1 Å². The van der Waals surface area contributed by atoms with Crippen LogP contribution in [0.1, 0.15) is 24.4 Å². The predicted molar refractivity (Wildman–Crippen MR) is 82.1 cm³/mol. The van der Waals surface area contributed by atoms with Crippen LogP contribution < -0.4 is 4.74 Å². The van der Waals surface area contributed by atoms with Gasteiger partial charge in [0, 0.05) is 19.8 Å². The number of rotatable bonds is 4. The van der Waals surface area contributed by atoms with Crippen molar-refractivity contribution in [3.63, 3.8) is 0 Å². The summed E-state index contributed by atoms with van der Waals surface area (Å²) in [5.41, 5.74) is 0.991. The maximum absolute atomic E-state index is 12.8. The number of benzene rings is 1. The molecule has 118 valence electrons. The zero-order valence-corrected chi connectivity index (χ0v) is 13.5. The second-order valence-corrected chi connectivity index (χ2v) is 7.29. The molecule has 1 unspecified atom stereocenters. The first kappa shape index (κ1) is 15.1. The second-order valence-electron chi connectivity index (χ2n) is 5.40. The Labute approximate surface area is 130 Å². The smallest absolute Gasteiger partial charge is 0.246 e. The minimum atomic E-state index is -3.51. The van der Waals surface area contributed by atoms with Gasteiger partial charge in [0.05, 0.1) is 19.3 Å². The maximum Gasteiger partial charge on any atom is 0.246 e. The highest BCUT2D eigenvalue weighted by Gasteiger charge is 2.36. The van der Waals surface area contributed by atoms with Gasteiger partial charge in [0.15, 0.2) is 0 Å². The van der Waals surface area contributed by atoms with Crippen LogP contribution in [0.3, 0.4) is 0 Å². The summed E-state index contributed by atoms with van der Waals surface area (Å²) in [7, 11) is -0.185. The minimum Gasteiger partial charge on any atom is -0.497 e. The van der Waals surface area contributed by atoms with Gasteiger partial charge in [-0.3, -0.25) is 4.68 Å². The zero-order chi connectivity index (χ0) is 15.7. The van der Waals surface area contributed by atoms with Crippen LogP contribution in [0.25, 0.3) is 0 Å². The number of aromatic nitrogens is 2. The van der Waals surface area contributed by atoms with E-state index in [4.69, 9.17) is 4.74 Å². The first-order valence-corrected chi connectivity index (χ1v) is 8.61. The van der Waals surface area contributed by atoms with Gasteiger partial charge >= 0.3 is 0 Å². The van der Waals surface area contributed by atoms with E-state index < -0.39 is 10.0 Å². The normalized spacial score (nSPS) is 19.5. The van der Waals surface area contributed by atoms with E-state index in [0.717, 1.165) is 24.2 Å². The molecule has 0 saturated carbocycles. The van der Waals surface area contributed by atoms with Crippen LogP contribution in [0.4, 0.5) is 0 Å². The van der Waals surface area contributed by atoms with Crippen molar-refractivity contribution in [1.82, 2.24) is 14.1 Å². The molecule has 7 heteroatoms. The molecular formula is C15H19N3O3S. The molecule has 0 bridgehead atoms. The van der Waals surface area contributed by atoms with Crippen molar-refractivity contribution in [2.45, 2.75) is 23.8 Å². The average Bonchev–Trinajstić information content (AvgIpc) is 3.16. The Hall–Kier alpha value is -1.86. The fraction of sp³-hybridized carbons (Fsp3) is 0.400. The lowest BCUT2D eigenvalue weighted by Gasteiger charge is -2.23. The van der Waals surface area contributed by atoms with Gasteiger partial charge in [-0.25, -0.2) is 8.42 Å². The first-order valence-electron chi connectivity index (χ1n) is 7.17. The van der Waals surface area contributed by atoms with Gasteiger partial charge in [0.25, 0.3) is 0 Å². The third kappa shape index (κ3) is 2.62. The Morgan fingerprint density at radius 2 is 2.00 bits per heavy atom. The number of methoxy groups -OCH3 is 1. The molecule has 1 aliphatic rings. The van der Waals surface area contributed by atoms with Gasteiger partial charge < -0.3 is 4.74 Å². The molecule has 0 spiro atoms. The van der Waals surface area contributed by atoms with Crippen LogP contribution in [-0.2, 0) is 17.1 Å². The van der Waals surface area contributed by atoms with Crippen molar-refractivity contribution in [3.05, 3.63) is 42.2 Å². The van der Waals surface area contributed by atoms with Crippen molar-refractivity contribution >= 4 is 10.0 Å². The Kier molecular flexibility index (Phi) is 3.92. The highest BCUT2D eigenvalue weighted by atomic mass is 32.2. The summed E-state index contributed by atoms with van der Waals surface area (Å²) in [6.45, 7) is 0.536. The topological polar surface area (TPSA) is 64.4 Å². The summed E-state index contributed by atoms with van der Waals surface area (Å²) in [5.74, 6) is 0.767. The van der Waals surface area contributed by atoms with Gasteiger partial charge in [-0.05, 0) is 30.5 Å². The molecule has 3 rings (SSSR count). The molecule has 2 aromatic rings. The van der Waals surface area contributed by atoms with Crippen molar-refractivity contribution in [3.8, 4) is 5.75 Å². The molecule has 0 amide bonds. The van der Waals surface area contributed by atoms with Crippen molar-refractivity contribution < 1.29 is 13.2 Å². The van der Waals surface area contributed by atoms with E-state index in [0.29, 0.717) is 6.54 Å². The SMILES string of the molecule is COc1ccc(C2CCCN2S(=O)(=O)c2cnn(C)c2)cc1. The molecule has 1 fully saturated rings. The first-order chi connectivity index (χ1) is 10.5. The lowest BCUT2D eigenvalue weighted by molar-refractivity contribution is 0.394. The standard InChI is InChI=1S/C15H19N3O3S/c1-17-11-14(10-16-17)22(19,20)18-9-3-4-15(18)12-5-7-13(21-2)8-6-12/h5-8,10-11,15H,3-4,9H2,1-2H3. The van der Waals surface area contributed by atoms with Crippen LogP contribution in [0.5, 0.6) is 5.75 Å². The molecule has 22 heavy (non-hydrogen) atoms. The van der Waals surface area contributed by atoms with Gasteiger partial charge in [-0.2, -0.15) is 9.40 Å². The summed E-state index contributed by atoms with van der Waals surface area (Å²) in [5, 5.41) is 3.97. The quantitative estimate of drug-likeness (QED) is 0.863. The summed E-state index contributed by atoms with van der Waals surface area (Å²) >= 11 is 0. The minimum absolute atomic E-state index is 0.129. The summed E-state index contributed by atoms with van der Waals surface area (Å²) in [6.07, 6.45) is 4.62. The van der Waals surface area contributed by atoms with Gasteiger partial charge in [-0.15, -0.1) is 0 Å². The van der Waals surface area contributed by atoms with E-state index in [1.165, 1.54) is 10.9 Å². The molecule has 0 radical (unpaired) electrons. The fourth-order valence-corrected chi connectivity index (χ4v) is 4.52. The van der Waals surface area contributed by atoms with Gasteiger partial charge in [0.2, 0.25) is 10.0 Å². The highest BCUT2D eigenvalue weighted by Crippen LogP contribution is 2.36. The molecule has 2 heterocycles. The third-order valence-electron chi connectivity index (χ3n) is 3.99. The Bertz CT molecular complexity index is 753. The second kappa shape index (κ2) is 5.73. The van der Waals surface area contributed by atoms with E-state index in [9.17, 15) is 8.42 Å². The Balaban J connectivity index is 1.92. The maximum atomic E-state index is 12.8. The number of sulfonamides is 1. The van der Waals surface area contributed by atoms with Crippen LogP contribution >= 0.6 is 0 Å². The zero-order valence-electron chi connectivity index (χ0n) is 12.6. The number of ether oxygens (including phenoxy) is 1. The van der Waals surface area contributed by atoms with E-state index in [2.05, 4.69) is 5.10 Å². The monoisotopic (exact) mass is 321 g/mol. The molecule has 1 aliphatic heterocycles. The lowest BCUT2D eigenvalue weighted by atomic mass is 10.1. The molecule has 0 N–H and O–H groups in total. The Morgan fingerprint density at radius 1 is 1.27 bits per heavy atom. The number of hydrogen-bond donors (Lipinski definition) is 0. The summed E-state index contributed by atoms with van der Waals surface area (Å²) in [6, 6.07) is 7.46. The summed E-state index contributed by atoms with van der Waals surface area (Å²) < 4.78 is 33.8. The van der Waals surface area contributed by atoms with Gasteiger partial charge in [0.1, 0.15) is 10.6 Å². The van der Waals surface area contributed by atoms with Crippen LogP contribution in [0.15, 0.2) is 41.6 Å². The van der Waals surface area contributed by atoms with Crippen molar-refractivity contribution in [1.29, 1.82) is 0 Å². The lowest BCUT2D eigenvalue weighted by Crippen LogP contribution is -2.30. The number of aryl methyl sites for hydroxylation is 1. The van der Waals surface area contributed by atoms with Crippen LogP contribution in [0, 0.1) is 0 Å². The molecule has 0 aliphatic carbocycles. The highest BCUT2D eigenvalue weighted by molar-refractivity contribution is 7.89. The number of nitrogens with zero attached hydrogens (tertiary/aromatic N) is 3. The molecule has 1 aromatic heterocycles. The predicted octanol–water partition coefficient (Wildman–Crippen LogP) is 1.95. The molecule has 1 aromatic carbocycles. The van der Waals surface area contributed by atoms with Crippen LogP contribution in [0.2, 0.25) is 0 Å². The molecule has 1 saturated heterocycles. The van der Waals surface area contributed by atoms with E-state index in [-0.39, 0.29) is 10.9 Å². The molecular weight excluding hydrogens is 302 g/mol. The van der Waals surface area contributed by atoms with Crippen molar-refractivity contribution in [2.75, 3.05) is 13.7 Å². The van der Waals surface area contributed by atoms with E-state index in [1.54, 1.807) is 24.7 Å². The third-order valence-corrected chi connectivity index (χ3v) is 5.85. The average molecular weight is 321 g/mol. The van der Waals surface area contributed by atoms with Crippen LogP contribution in [-0.4, -0.2) is 36.2 Å². The van der Waals surface area contributed by atoms with E-state index >= 15 is 0 Å². The number of hydrogen-bond acceptors (Lipinski definition) is 4. The Morgan fingerprint density at radius 3 is 2.59 bits per heavy atom. The van der Waals surface area contributed by atoms with Crippen molar-refractivity contribution in [2.24, 2.45) is 7.05 Å². The largest absolute Gasteiger partial charge is 0.497 e. The fourth-order valence-electron chi connectivity index (χ4n) is 2.85. The van der Waals surface area contributed by atoms with E-state index in [1.807, 2.05) is 24.3 Å².